The maximum absolute atomic E-state index is 14.2. The predicted octanol–water partition coefficient (Wildman–Crippen LogP) is 2.44. The summed E-state index contributed by atoms with van der Waals surface area (Å²) in [5, 5.41) is 45.6. The Morgan fingerprint density at radius 2 is 1.44 bits per heavy atom. The number of rotatable bonds is 8. The molecule has 14 nitrogen and oxygen atoms in total. The largest absolute Gasteiger partial charge is 0.459 e. The minimum absolute atomic E-state index is 0.111. The number of aliphatic hydroxyl groups excluding tert-OH is 3. The third-order valence-corrected chi connectivity index (χ3v) is 12.3. The fourth-order valence-corrected chi connectivity index (χ4v) is 8.58. The molecule has 0 aromatic carbocycles. The number of hydrogen-bond acceptors (Lipinski definition) is 14. The zero-order valence-electron chi connectivity index (χ0n) is 33.9. The lowest BCUT2D eigenvalue weighted by Gasteiger charge is -2.50. The van der Waals surface area contributed by atoms with Crippen LogP contribution < -0.4 is 0 Å². The van der Waals surface area contributed by atoms with E-state index < -0.39 is 102 Å². The molecule has 3 aliphatic heterocycles. The summed E-state index contributed by atoms with van der Waals surface area (Å²) in [7, 11) is 6.77. The van der Waals surface area contributed by atoms with Gasteiger partial charge in [0.15, 0.2) is 12.6 Å². The Hall–Kier alpha value is -1.30. The summed E-state index contributed by atoms with van der Waals surface area (Å²) >= 11 is 0. The van der Waals surface area contributed by atoms with Crippen LogP contribution in [-0.2, 0) is 42.7 Å². The molecule has 304 valence electrons. The van der Waals surface area contributed by atoms with E-state index in [0.29, 0.717) is 6.42 Å². The fourth-order valence-electron chi connectivity index (χ4n) is 8.58. The molecule has 0 aliphatic carbocycles. The molecule has 0 spiro atoms. The van der Waals surface area contributed by atoms with Crippen molar-refractivity contribution in [3.63, 3.8) is 0 Å². The van der Waals surface area contributed by atoms with Crippen molar-refractivity contribution in [2.45, 2.75) is 179 Å². The molecule has 0 amide bonds. The van der Waals surface area contributed by atoms with Gasteiger partial charge in [-0.05, 0) is 74.9 Å². The molecule has 3 aliphatic rings. The molecule has 4 N–H and O–H groups in total. The molecule has 2 unspecified atom stereocenters. The van der Waals surface area contributed by atoms with Crippen LogP contribution in [0.3, 0.4) is 0 Å². The van der Waals surface area contributed by atoms with Crippen molar-refractivity contribution in [1.29, 1.82) is 0 Å². The van der Waals surface area contributed by atoms with Gasteiger partial charge in [-0.2, -0.15) is 0 Å². The Labute approximate surface area is 310 Å². The molecule has 3 rings (SSSR count). The molecule has 0 radical (unpaired) electrons. The van der Waals surface area contributed by atoms with Crippen LogP contribution in [-0.4, -0.2) is 150 Å². The SMILES string of the molecule is CCC1OC(=O)[C@H](C)C(O[C@H]2C[C@@](C)(OC)[C@@H](O)[C@H](C)O2)[C@H](C)[C@@H](O[C@@H]2O[C@H](C)C[C@H](N([13CH3])[13CH3])[C@H]2O)[C@](C)(OC)C[C@@H](C)C(=O)[C@H](C)[C@@H](O)[C@]1(C)O. The predicted molar refractivity (Wildman–Crippen MR) is 191 cm³/mol. The van der Waals surface area contributed by atoms with Gasteiger partial charge in [0.1, 0.15) is 29.7 Å². The number of aliphatic hydroxyl groups is 4. The minimum atomic E-state index is -1.96. The molecule has 0 aromatic heterocycles. The minimum Gasteiger partial charge on any atom is -0.459 e. The molecule has 0 aromatic rings. The molecule has 3 fully saturated rings. The van der Waals surface area contributed by atoms with Gasteiger partial charge >= 0.3 is 5.97 Å². The lowest BCUT2D eigenvalue weighted by Crippen LogP contribution is -2.61. The first-order chi connectivity index (χ1) is 24.0. The van der Waals surface area contributed by atoms with E-state index >= 15 is 0 Å². The van der Waals surface area contributed by atoms with Gasteiger partial charge in [-0.15, -0.1) is 0 Å². The third kappa shape index (κ3) is 9.38. The summed E-state index contributed by atoms with van der Waals surface area (Å²) in [6.45, 7) is 17.1. The second kappa shape index (κ2) is 17.7. The summed E-state index contributed by atoms with van der Waals surface area (Å²) < 4.78 is 43.9. The quantitative estimate of drug-likeness (QED) is 0.210. The molecule has 52 heavy (non-hydrogen) atoms. The summed E-state index contributed by atoms with van der Waals surface area (Å²) in [5.74, 6) is -4.47. The van der Waals surface area contributed by atoms with Crippen LogP contribution in [0.15, 0.2) is 0 Å². The first-order valence-electron chi connectivity index (χ1n) is 18.9. The van der Waals surface area contributed by atoms with Gasteiger partial charge in [0.2, 0.25) is 0 Å². The van der Waals surface area contributed by atoms with E-state index in [1.165, 1.54) is 21.1 Å². The first-order valence-corrected chi connectivity index (χ1v) is 18.9. The summed E-state index contributed by atoms with van der Waals surface area (Å²) in [6.07, 6.45) is -8.73. The molecular formula is C38H69NO13. The van der Waals surface area contributed by atoms with Crippen molar-refractivity contribution in [1.82, 2.24) is 4.90 Å². The number of hydrogen-bond donors (Lipinski definition) is 4. The van der Waals surface area contributed by atoms with E-state index in [4.69, 9.17) is 33.2 Å². The van der Waals surface area contributed by atoms with Gasteiger partial charge in [0, 0.05) is 44.4 Å². The van der Waals surface area contributed by atoms with Gasteiger partial charge in [-0.3, -0.25) is 9.59 Å². The van der Waals surface area contributed by atoms with Gasteiger partial charge < -0.3 is 58.5 Å². The Kier molecular flexibility index (Phi) is 15.3. The number of likely N-dealkylation sites (N-methyl/N-ethyl adjacent to an activating group) is 1. The highest BCUT2D eigenvalue weighted by Gasteiger charge is 2.54. The third-order valence-electron chi connectivity index (χ3n) is 12.3. The number of ketones is 1. The lowest BCUT2D eigenvalue weighted by molar-refractivity contribution is -0.319. The van der Waals surface area contributed by atoms with Crippen molar-refractivity contribution in [3.05, 3.63) is 0 Å². The van der Waals surface area contributed by atoms with Crippen molar-refractivity contribution in [2.24, 2.45) is 23.7 Å². The fraction of sp³-hybridized carbons (Fsp3) is 0.947. The zero-order chi connectivity index (χ0) is 39.7. The van der Waals surface area contributed by atoms with E-state index in [9.17, 15) is 30.0 Å². The van der Waals surface area contributed by atoms with Crippen LogP contribution in [0.5, 0.6) is 0 Å². The monoisotopic (exact) mass is 749 g/mol. The average molecular weight is 750 g/mol. The topological polar surface area (TPSA) is 183 Å². The highest BCUT2D eigenvalue weighted by Crippen LogP contribution is 2.41. The van der Waals surface area contributed by atoms with Crippen molar-refractivity contribution in [3.8, 4) is 0 Å². The lowest BCUT2D eigenvalue weighted by atomic mass is 9.74. The van der Waals surface area contributed by atoms with Crippen LogP contribution in [0, 0.1) is 23.7 Å². The van der Waals surface area contributed by atoms with Crippen LogP contribution in [0.4, 0.5) is 0 Å². The average Bonchev–Trinajstić information content (AvgIpc) is 3.09. The van der Waals surface area contributed by atoms with E-state index in [2.05, 4.69) is 0 Å². The molecule has 18 atom stereocenters. The maximum Gasteiger partial charge on any atom is 0.311 e. The van der Waals surface area contributed by atoms with E-state index in [1.807, 2.05) is 32.8 Å². The number of Topliss-reactive ketones (excluding diaryl/α,β-unsaturated/α-hetero) is 1. The Morgan fingerprint density at radius 1 is 0.846 bits per heavy atom. The number of methoxy groups -OCH3 is 2. The van der Waals surface area contributed by atoms with E-state index in [0.717, 1.165) is 0 Å². The van der Waals surface area contributed by atoms with Crippen molar-refractivity contribution < 1.29 is 63.2 Å². The highest BCUT2D eigenvalue weighted by atomic mass is 16.7. The smallest absolute Gasteiger partial charge is 0.311 e. The number of nitrogens with zero attached hydrogens (tertiary/aromatic N) is 1. The molecule has 14 heteroatoms. The van der Waals surface area contributed by atoms with Gasteiger partial charge in [0.25, 0.3) is 0 Å². The summed E-state index contributed by atoms with van der Waals surface area (Å²) in [4.78, 5) is 30.1. The van der Waals surface area contributed by atoms with Crippen molar-refractivity contribution in [2.75, 3.05) is 28.3 Å². The summed E-state index contributed by atoms with van der Waals surface area (Å²) in [6, 6.07) is -0.283. The number of cyclic esters (lactones) is 1. The zero-order valence-corrected chi connectivity index (χ0v) is 33.9. The molecule has 0 saturated carbocycles. The highest BCUT2D eigenvalue weighted by molar-refractivity contribution is 5.83. The van der Waals surface area contributed by atoms with Gasteiger partial charge in [0.05, 0.1) is 47.6 Å². The first kappa shape index (κ1) is 45.1. The standard InChI is InChI=1S/C38H69NO13/c1-15-26-38(10,45)31(42)21(4)28(40)19(2)17-37(9,47-14)33(52-35-29(41)25(39(11)12)16-20(3)48-35)22(5)30(23(6)34(44)50-26)51-27-18-36(8,46-13)32(43)24(7)49-27/h19-27,29-33,35,41-43,45H,15-18H2,1-14H3/t19-,20-,21+,22+,23-,24+,25+,26?,27+,29-,30?,31-,32+,33-,35+,36-,37-,38-/m1/s1/i11+1,12+1. The molecule has 0 bridgehead atoms. The Morgan fingerprint density at radius 3 is 1.98 bits per heavy atom. The molecular weight excluding hydrogens is 680 g/mol. The molecule has 3 saturated heterocycles. The van der Waals surface area contributed by atoms with Crippen molar-refractivity contribution >= 4 is 11.8 Å². The van der Waals surface area contributed by atoms with E-state index in [-0.39, 0.29) is 37.2 Å². The Balaban J connectivity index is 2.22. The summed E-state index contributed by atoms with van der Waals surface area (Å²) in [5.41, 5.74) is -4.24. The maximum atomic E-state index is 14.2. The normalized spacial score (nSPS) is 49.0. The number of carbonyl (C=O) groups excluding carboxylic acids is 2. The van der Waals surface area contributed by atoms with Crippen LogP contribution in [0.1, 0.15) is 94.9 Å². The number of ether oxygens (including phenoxy) is 7. The van der Waals surface area contributed by atoms with E-state index in [1.54, 1.807) is 48.5 Å². The second-order valence-electron chi connectivity index (χ2n) is 16.6. The van der Waals surface area contributed by atoms with Crippen LogP contribution in [0.25, 0.3) is 0 Å². The molecule has 3 heterocycles. The number of esters is 1. The Bertz CT molecular complexity index is 1190. The second-order valence-corrected chi connectivity index (χ2v) is 16.6. The van der Waals surface area contributed by atoms with Crippen LogP contribution in [0.2, 0.25) is 0 Å². The van der Waals surface area contributed by atoms with Gasteiger partial charge in [-0.25, -0.2) is 0 Å². The number of carbonyl (C=O) groups is 2. The van der Waals surface area contributed by atoms with Gasteiger partial charge in [-0.1, -0.05) is 27.7 Å². The van der Waals surface area contributed by atoms with Crippen LogP contribution >= 0.6 is 0 Å².